The van der Waals surface area contributed by atoms with Crippen LogP contribution >= 0.6 is 11.3 Å². The number of rotatable bonds is 3. The predicted molar refractivity (Wildman–Crippen MR) is 125 cm³/mol. The topological polar surface area (TPSA) is 65.5 Å². The van der Waals surface area contributed by atoms with Crippen LogP contribution in [0.25, 0.3) is 10.2 Å². The van der Waals surface area contributed by atoms with Crippen LogP contribution < -0.4 is 9.80 Å². The van der Waals surface area contributed by atoms with Gasteiger partial charge in [-0.05, 0) is 50.8 Å². The average molecular weight is 437 g/mol. The van der Waals surface area contributed by atoms with Crippen molar-refractivity contribution < 1.29 is 4.79 Å². The molecular weight excluding hydrogens is 408 g/mol. The molecule has 8 heteroatoms. The number of carbonyl (C=O) groups is 1. The predicted octanol–water partition coefficient (Wildman–Crippen LogP) is 3.74. The first-order valence-electron chi connectivity index (χ1n) is 11.1. The minimum atomic E-state index is 0.152. The molecule has 1 amide bonds. The van der Waals surface area contributed by atoms with Crippen molar-refractivity contribution in [1.29, 1.82) is 0 Å². The molecule has 5 rings (SSSR count). The number of piperazine rings is 1. The number of nitrogens with zero attached hydrogens (tertiary/aromatic N) is 6. The third-order valence-electron chi connectivity index (χ3n) is 6.52. The van der Waals surface area contributed by atoms with Gasteiger partial charge in [-0.25, -0.2) is 15.0 Å². The highest BCUT2D eigenvalue weighted by molar-refractivity contribution is 7.20. The Bertz CT molecular complexity index is 1080. The average Bonchev–Trinajstić information content (AvgIpc) is 3.16. The van der Waals surface area contributed by atoms with E-state index in [1.165, 1.54) is 17.8 Å². The number of carbonyl (C=O) groups excluding carboxylic acids is 1. The minimum Gasteiger partial charge on any atom is -0.353 e. The molecule has 2 aliphatic rings. The lowest BCUT2D eigenvalue weighted by Crippen LogP contribution is -2.47. The van der Waals surface area contributed by atoms with Gasteiger partial charge in [0.1, 0.15) is 22.8 Å². The highest BCUT2D eigenvalue weighted by Crippen LogP contribution is 2.36. The van der Waals surface area contributed by atoms with Crippen LogP contribution in [0.5, 0.6) is 0 Å². The Kier molecular flexibility index (Phi) is 5.48. The highest BCUT2D eigenvalue weighted by Gasteiger charge is 2.29. The van der Waals surface area contributed by atoms with Gasteiger partial charge in [-0.2, -0.15) is 0 Å². The molecule has 0 radical (unpaired) electrons. The quantitative estimate of drug-likeness (QED) is 0.623. The van der Waals surface area contributed by atoms with Gasteiger partial charge >= 0.3 is 0 Å². The molecule has 0 unspecified atom stereocenters. The first-order valence-corrected chi connectivity index (χ1v) is 11.9. The molecule has 0 spiro atoms. The Labute approximate surface area is 186 Å². The standard InChI is InChI=1S/C23H28N6OS/c1-16-7-4-6-10-29(16)23(30)20-17(2)19-21(25-15-26-22(19)31-20)28-13-11-27(12-14-28)18-8-3-5-9-24-18/h3,5,8-9,15-16H,4,6-7,10-14H2,1-2H3/t16-/m0/s1. The summed E-state index contributed by atoms with van der Waals surface area (Å²) in [6.07, 6.45) is 6.85. The van der Waals surface area contributed by atoms with Gasteiger partial charge in [0.15, 0.2) is 0 Å². The van der Waals surface area contributed by atoms with E-state index < -0.39 is 0 Å². The van der Waals surface area contributed by atoms with Crippen LogP contribution in [0.3, 0.4) is 0 Å². The van der Waals surface area contributed by atoms with Crippen molar-refractivity contribution in [3.63, 3.8) is 0 Å². The van der Waals surface area contributed by atoms with Gasteiger partial charge < -0.3 is 14.7 Å². The molecule has 3 aromatic heterocycles. The Morgan fingerprint density at radius 1 is 1.03 bits per heavy atom. The second kappa shape index (κ2) is 8.42. The number of aryl methyl sites for hydroxylation is 1. The maximum absolute atomic E-state index is 13.3. The Morgan fingerprint density at radius 3 is 2.58 bits per heavy atom. The molecule has 2 saturated heterocycles. The lowest BCUT2D eigenvalue weighted by Gasteiger charge is -2.36. The van der Waals surface area contributed by atoms with Crippen molar-refractivity contribution in [3.05, 3.63) is 41.2 Å². The first kappa shape index (κ1) is 20.2. The van der Waals surface area contributed by atoms with Crippen molar-refractivity contribution in [1.82, 2.24) is 19.9 Å². The fourth-order valence-electron chi connectivity index (χ4n) is 4.72. The highest BCUT2D eigenvalue weighted by atomic mass is 32.1. The lowest BCUT2D eigenvalue weighted by atomic mass is 10.0. The van der Waals surface area contributed by atoms with E-state index >= 15 is 0 Å². The van der Waals surface area contributed by atoms with Crippen LogP contribution in [0.15, 0.2) is 30.7 Å². The van der Waals surface area contributed by atoms with Crippen molar-refractivity contribution in [2.45, 2.75) is 39.2 Å². The summed E-state index contributed by atoms with van der Waals surface area (Å²) >= 11 is 1.51. The molecule has 162 valence electrons. The van der Waals surface area contributed by atoms with Crippen LogP contribution in [0, 0.1) is 6.92 Å². The van der Waals surface area contributed by atoms with Gasteiger partial charge in [-0.1, -0.05) is 6.07 Å². The number of pyridine rings is 1. The smallest absolute Gasteiger partial charge is 0.264 e. The molecule has 3 aromatic rings. The summed E-state index contributed by atoms with van der Waals surface area (Å²) in [4.78, 5) is 35.4. The molecule has 0 bridgehead atoms. The molecule has 2 fully saturated rings. The summed E-state index contributed by atoms with van der Waals surface area (Å²) in [7, 11) is 0. The van der Waals surface area contributed by atoms with Gasteiger partial charge in [0.05, 0.1) is 10.3 Å². The van der Waals surface area contributed by atoms with Crippen molar-refractivity contribution in [3.8, 4) is 0 Å². The van der Waals surface area contributed by atoms with Crippen LogP contribution in [-0.2, 0) is 0 Å². The molecule has 5 heterocycles. The molecule has 0 aromatic carbocycles. The summed E-state index contributed by atoms with van der Waals surface area (Å²) in [5.74, 6) is 2.12. The summed E-state index contributed by atoms with van der Waals surface area (Å²) in [6.45, 7) is 8.58. The second-order valence-corrected chi connectivity index (χ2v) is 9.44. The number of piperidine rings is 1. The number of thiophene rings is 1. The molecule has 1 atom stereocenters. The fraction of sp³-hybridized carbons (Fsp3) is 0.478. The third-order valence-corrected chi connectivity index (χ3v) is 7.71. The van der Waals surface area contributed by atoms with E-state index in [-0.39, 0.29) is 5.91 Å². The summed E-state index contributed by atoms with van der Waals surface area (Å²) in [6, 6.07) is 6.33. The number of aromatic nitrogens is 3. The molecule has 0 N–H and O–H groups in total. The Morgan fingerprint density at radius 2 is 1.84 bits per heavy atom. The van der Waals surface area contributed by atoms with Crippen LogP contribution in [0.1, 0.15) is 41.4 Å². The molecule has 7 nitrogen and oxygen atoms in total. The summed E-state index contributed by atoms with van der Waals surface area (Å²) < 4.78 is 0. The fourth-order valence-corrected chi connectivity index (χ4v) is 5.81. The first-order chi connectivity index (χ1) is 15.1. The third kappa shape index (κ3) is 3.73. The molecule has 0 aliphatic carbocycles. The van der Waals surface area contributed by atoms with Gasteiger partial charge in [-0.15, -0.1) is 11.3 Å². The van der Waals surface area contributed by atoms with E-state index in [9.17, 15) is 4.79 Å². The van der Waals surface area contributed by atoms with Gasteiger partial charge in [0.25, 0.3) is 5.91 Å². The van der Waals surface area contributed by atoms with E-state index in [1.54, 1.807) is 6.33 Å². The maximum atomic E-state index is 13.3. The number of anilines is 2. The van der Waals surface area contributed by atoms with E-state index in [0.29, 0.717) is 6.04 Å². The second-order valence-electron chi connectivity index (χ2n) is 8.44. The number of hydrogen-bond acceptors (Lipinski definition) is 7. The van der Waals surface area contributed by atoms with Crippen molar-refractivity contribution in [2.75, 3.05) is 42.5 Å². The zero-order valence-electron chi connectivity index (χ0n) is 18.1. The monoisotopic (exact) mass is 436 g/mol. The van der Waals surface area contributed by atoms with Crippen molar-refractivity contribution >= 4 is 39.1 Å². The largest absolute Gasteiger partial charge is 0.353 e. The minimum absolute atomic E-state index is 0.152. The maximum Gasteiger partial charge on any atom is 0.264 e. The number of hydrogen-bond donors (Lipinski definition) is 0. The number of likely N-dealkylation sites (tertiary alicyclic amines) is 1. The number of amides is 1. The Balaban J connectivity index is 1.41. The molecule has 31 heavy (non-hydrogen) atoms. The van der Waals surface area contributed by atoms with E-state index in [4.69, 9.17) is 0 Å². The van der Waals surface area contributed by atoms with E-state index in [1.807, 2.05) is 23.2 Å². The molecule has 2 aliphatic heterocycles. The zero-order chi connectivity index (χ0) is 21.4. The lowest BCUT2D eigenvalue weighted by molar-refractivity contribution is 0.0640. The van der Waals surface area contributed by atoms with Gasteiger partial charge in [-0.3, -0.25) is 4.79 Å². The van der Waals surface area contributed by atoms with Gasteiger partial charge in [0.2, 0.25) is 0 Å². The summed E-state index contributed by atoms with van der Waals surface area (Å²) in [5.41, 5.74) is 1.02. The van der Waals surface area contributed by atoms with E-state index in [0.717, 1.165) is 77.9 Å². The van der Waals surface area contributed by atoms with Crippen LogP contribution in [0.2, 0.25) is 0 Å². The zero-order valence-corrected chi connectivity index (χ0v) is 18.9. The van der Waals surface area contributed by atoms with Crippen molar-refractivity contribution in [2.24, 2.45) is 0 Å². The summed E-state index contributed by atoms with van der Waals surface area (Å²) in [5, 5.41) is 1.03. The normalized spacial score (nSPS) is 19.8. The number of fused-ring (bicyclic) bond motifs is 1. The van der Waals surface area contributed by atoms with Gasteiger partial charge in [0, 0.05) is 45.0 Å². The SMILES string of the molecule is Cc1c(C(=O)N2CCCC[C@@H]2C)sc2ncnc(N3CCN(c4ccccn4)CC3)c12. The van der Waals surface area contributed by atoms with Crippen LogP contribution in [0.4, 0.5) is 11.6 Å². The van der Waals surface area contributed by atoms with E-state index in [2.05, 4.69) is 44.7 Å². The molecule has 0 saturated carbocycles. The Hall–Kier alpha value is -2.74. The van der Waals surface area contributed by atoms with Crippen LogP contribution in [-0.4, -0.2) is 64.5 Å². The molecular formula is C23H28N6OS.